The molecule has 0 radical (unpaired) electrons. The van der Waals surface area contributed by atoms with Gasteiger partial charge in [-0.25, -0.2) is 17.7 Å². The van der Waals surface area contributed by atoms with Crippen LogP contribution in [-0.2, 0) is 19.6 Å². The van der Waals surface area contributed by atoms with Crippen LogP contribution in [0.5, 0.6) is 0 Å². The maximum absolute atomic E-state index is 12.3. The summed E-state index contributed by atoms with van der Waals surface area (Å²) in [4.78, 5) is 15.6. The van der Waals surface area contributed by atoms with Gasteiger partial charge in [0, 0.05) is 0 Å². The Morgan fingerprint density at radius 2 is 2.05 bits per heavy atom. The van der Waals surface area contributed by atoms with Crippen molar-refractivity contribution in [2.24, 2.45) is 4.99 Å². The van der Waals surface area contributed by atoms with E-state index < -0.39 is 16.0 Å². The molecule has 1 aromatic carbocycles. The molecule has 0 unspecified atom stereocenters. The predicted octanol–water partition coefficient (Wildman–Crippen LogP) is 1.30. The molecule has 1 aromatic rings. The van der Waals surface area contributed by atoms with E-state index >= 15 is 0 Å². The highest BCUT2D eigenvalue weighted by Gasteiger charge is 2.30. The minimum atomic E-state index is -3.73. The van der Waals surface area contributed by atoms with E-state index in [2.05, 4.69) is 4.99 Å². The number of para-hydroxylation sites is 1. The summed E-state index contributed by atoms with van der Waals surface area (Å²) in [7, 11) is -3.73. The van der Waals surface area contributed by atoms with Gasteiger partial charge in [-0.3, -0.25) is 4.79 Å². The van der Waals surface area contributed by atoms with Gasteiger partial charge in [-0.15, -0.1) is 0 Å². The van der Waals surface area contributed by atoms with E-state index in [0.29, 0.717) is 5.69 Å². The van der Waals surface area contributed by atoms with Crippen LogP contribution in [0.2, 0.25) is 0 Å². The van der Waals surface area contributed by atoms with Crippen molar-refractivity contribution < 1.29 is 17.9 Å². The van der Waals surface area contributed by atoms with Gasteiger partial charge >= 0.3 is 5.97 Å². The van der Waals surface area contributed by atoms with Crippen molar-refractivity contribution in [3.05, 3.63) is 24.3 Å². The number of benzene rings is 1. The van der Waals surface area contributed by atoms with Crippen molar-refractivity contribution in [1.29, 1.82) is 0 Å². The molecule has 0 saturated heterocycles. The van der Waals surface area contributed by atoms with Crippen LogP contribution < -0.4 is 0 Å². The highest BCUT2D eigenvalue weighted by Crippen LogP contribution is 2.29. The molecular formula is C12H14N2O4S. The Kier molecular flexibility index (Phi) is 3.57. The van der Waals surface area contributed by atoms with Crippen molar-refractivity contribution in [1.82, 2.24) is 4.31 Å². The molecule has 102 valence electrons. The van der Waals surface area contributed by atoms with Gasteiger partial charge < -0.3 is 4.74 Å². The molecule has 1 aliphatic heterocycles. The zero-order valence-corrected chi connectivity index (χ0v) is 11.4. The molecule has 0 spiro atoms. The summed E-state index contributed by atoms with van der Waals surface area (Å²) < 4.78 is 30.3. The SMILES string of the molecule is CC(C)OC(=O)CN1C=Nc2ccccc2S1(=O)=O. The molecule has 0 bridgehead atoms. The Morgan fingerprint density at radius 1 is 1.37 bits per heavy atom. The fourth-order valence-corrected chi connectivity index (χ4v) is 2.98. The van der Waals surface area contributed by atoms with Gasteiger partial charge in [0.05, 0.1) is 11.8 Å². The van der Waals surface area contributed by atoms with Crippen LogP contribution in [0.1, 0.15) is 13.8 Å². The Morgan fingerprint density at radius 3 is 2.74 bits per heavy atom. The number of carbonyl (C=O) groups is 1. The van der Waals surface area contributed by atoms with E-state index in [0.717, 1.165) is 10.6 Å². The zero-order chi connectivity index (χ0) is 14.0. The molecule has 0 atom stereocenters. The quantitative estimate of drug-likeness (QED) is 0.783. The minimum Gasteiger partial charge on any atom is -0.462 e. The summed E-state index contributed by atoms with van der Waals surface area (Å²) in [5, 5.41) is 0. The zero-order valence-electron chi connectivity index (χ0n) is 10.6. The van der Waals surface area contributed by atoms with Crippen molar-refractivity contribution >= 4 is 28.0 Å². The lowest BCUT2D eigenvalue weighted by molar-refractivity contribution is -0.146. The van der Waals surface area contributed by atoms with Gasteiger partial charge in [0.2, 0.25) is 0 Å². The van der Waals surface area contributed by atoms with E-state index in [1.807, 2.05) is 0 Å². The molecule has 0 aliphatic carbocycles. The number of fused-ring (bicyclic) bond motifs is 1. The maximum atomic E-state index is 12.3. The number of carbonyl (C=O) groups excluding carboxylic acids is 1. The summed E-state index contributed by atoms with van der Waals surface area (Å²) in [6.07, 6.45) is 0.850. The number of aliphatic imine (C=N–C) groups is 1. The maximum Gasteiger partial charge on any atom is 0.327 e. The Bertz CT molecular complexity index is 622. The largest absolute Gasteiger partial charge is 0.462 e. The average Bonchev–Trinajstić information content (AvgIpc) is 2.32. The monoisotopic (exact) mass is 282 g/mol. The standard InChI is InChI=1S/C12H14N2O4S/c1-9(2)18-12(15)7-14-8-13-10-5-3-4-6-11(10)19(14,16)17/h3-6,8-9H,7H2,1-2H3. The van der Waals surface area contributed by atoms with Gasteiger partial charge in [-0.1, -0.05) is 12.1 Å². The topological polar surface area (TPSA) is 76.0 Å². The van der Waals surface area contributed by atoms with Gasteiger partial charge in [0.25, 0.3) is 10.0 Å². The summed E-state index contributed by atoms with van der Waals surface area (Å²) in [6.45, 7) is 3.02. The Labute approximate surface area is 111 Å². The third kappa shape index (κ3) is 2.76. The first-order chi connectivity index (χ1) is 8.91. The molecule has 1 aliphatic rings. The summed E-state index contributed by atoms with van der Waals surface area (Å²) in [6, 6.07) is 6.38. The molecule has 0 saturated carbocycles. The lowest BCUT2D eigenvalue weighted by atomic mass is 10.3. The van der Waals surface area contributed by atoms with E-state index in [4.69, 9.17) is 4.74 Å². The van der Waals surface area contributed by atoms with Crippen LogP contribution in [0.4, 0.5) is 5.69 Å². The van der Waals surface area contributed by atoms with E-state index in [1.165, 1.54) is 6.07 Å². The summed E-state index contributed by atoms with van der Waals surface area (Å²) >= 11 is 0. The van der Waals surface area contributed by atoms with Gasteiger partial charge in [0.1, 0.15) is 17.8 Å². The number of ether oxygens (including phenoxy) is 1. The minimum absolute atomic E-state index is 0.0925. The lowest BCUT2D eigenvalue weighted by Gasteiger charge is -2.23. The van der Waals surface area contributed by atoms with Crippen LogP contribution in [0.15, 0.2) is 34.2 Å². The highest BCUT2D eigenvalue weighted by atomic mass is 32.2. The first kappa shape index (κ1) is 13.5. The number of hydrogen-bond donors (Lipinski definition) is 0. The lowest BCUT2D eigenvalue weighted by Crippen LogP contribution is -2.37. The fourth-order valence-electron chi connectivity index (χ4n) is 1.65. The van der Waals surface area contributed by atoms with E-state index in [1.54, 1.807) is 32.0 Å². The second-order valence-corrected chi connectivity index (χ2v) is 6.16. The normalized spacial score (nSPS) is 16.3. The number of rotatable bonds is 3. The van der Waals surface area contributed by atoms with Gasteiger partial charge in [-0.05, 0) is 26.0 Å². The number of esters is 1. The summed E-state index contributed by atoms with van der Waals surface area (Å²) in [5.74, 6) is -0.607. The van der Waals surface area contributed by atoms with Crippen molar-refractivity contribution in [2.45, 2.75) is 24.8 Å². The Balaban J connectivity index is 2.25. The third-order valence-corrected chi connectivity index (χ3v) is 4.17. The van der Waals surface area contributed by atoms with Crippen molar-refractivity contribution in [3.8, 4) is 0 Å². The predicted molar refractivity (Wildman–Crippen MR) is 69.7 cm³/mol. The smallest absolute Gasteiger partial charge is 0.327 e. The van der Waals surface area contributed by atoms with Crippen LogP contribution in [0.25, 0.3) is 0 Å². The first-order valence-corrected chi connectivity index (χ1v) is 7.20. The van der Waals surface area contributed by atoms with Gasteiger partial charge in [-0.2, -0.15) is 0 Å². The fraction of sp³-hybridized carbons (Fsp3) is 0.333. The number of hydrogen-bond acceptors (Lipinski definition) is 5. The van der Waals surface area contributed by atoms with Gasteiger partial charge in [0.15, 0.2) is 0 Å². The van der Waals surface area contributed by atoms with E-state index in [9.17, 15) is 13.2 Å². The second-order valence-electron chi connectivity index (χ2n) is 4.30. The molecule has 0 N–H and O–H groups in total. The average molecular weight is 282 g/mol. The van der Waals surface area contributed by atoms with Crippen LogP contribution in [-0.4, -0.2) is 37.7 Å². The van der Waals surface area contributed by atoms with Crippen LogP contribution in [0, 0.1) is 0 Å². The van der Waals surface area contributed by atoms with Crippen molar-refractivity contribution in [3.63, 3.8) is 0 Å². The van der Waals surface area contributed by atoms with Crippen LogP contribution in [0.3, 0.4) is 0 Å². The molecule has 6 nitrogen and oxygen atoms in total. The molecule has 7 heteroatoms. The second kappa shape index (κ2) is 5.00. The summed E-state index contributed by atoms with van der Waals surface area (Å²) in [5.41, 5.74) is 0.371. The number of nitrogens with zero attached hydrogens (tertiary/aromatic N) is 2. The molecule has 0 fully saturated rings. The molecule has 19 heavy (non-hydrogen) atoms. The van der Waals surface area contributed by atoms with E-state index in [-0.39, 0.29) is 17.5 Å². The molecule has 0 amide bonds. The molecular weight excluding hydrogens is 268 g/mol. The molecule has 0 aromatic heterocycles. The number of sulfonamides is 1. The Hall–Kier alpha value is -1.89. The third-order valence-electron chi connectivity index (χ3n) is 2.43. The molecule has 1 heterocycles. The molecule has 2 rings (SSSR count). The van der Waals surface area contributed by atoms with Crippen LogP contribution >= 0.6 is 0 Å². The van der Waals surface area contributed by atoms with Crippen molar-refractivity contribution in [2.75, 3.05) is 6.54 Å². The first-order valence-electron chi connectivity index (χ1n) is 5.76. The highest BCUT2D eigenvalue weighted by molar-refractivity contribution is 7.89.